The molecule has 4 nitrogen and oxygen atoms in total. The molecule has 98 valence electrons. The van der Waals surface area contributed by atoms with Gasteiger partial charge in [0.25, 0.3) is 5.91 Å². The first-order chi connectivity index (χ1) is 8.66. The Bertz CT molecular complexity index is 414. The van der Waals surface area contributed by atoms with Crippen LogP contribution < -0.4 is 10.5 Å². The lowest BCUT2D eigenvalue weighted by molar-refractivity contribution is -0.138. The van der Waals surface area contributed by atoms with Gasteiger partial charge in [0.2, 0.25) is 0 Å². The standard InChI is InChI=1S/C14H20N2O2/c1-11(14(17)16-8-3-2-4-9-16)18-13-7-5-6-12(15)10-13/h5-7,10-11H,2-4,8-9,15H2,1H3. The van der Waals surface area contributed by atoms with Gasteiger partial charge in [0, 0.05) is 24.8 Å². The molecule has 2 rings (SSSR count). The molecule has 1 aromatic carbocycles. The zero-order valence-electron chi connectivity index (χ0n) is 10.8. The van der Waals surface area contributed by atoms with Gasteiger partial charge in [-0.25, -0.2) is 0 Å². The number of carbonyl (C=O) groups excluding carboxylic acids is 1. The van der Waals surface area contributed by atoms with Crippen LogP contribution in [0.2, 0.25) is 0 Å². The number of rotatable bonds is 3. The van der Waals surface area contributed by atoms with E-state index in [1.807, 2.05) is 17.0 Å². The number of hydrogen-bond acceptors (Lipinski definition) is 3. The Labute approximate surface area is 108 Å². The van der Waals surface area contributed by atoms with Gasteiger partial charge in [-0.15, -0.1) is 0 Å². The van der Waals surface area contributed by atoms with E-state index in [0.717, 1.165) is 25.9 Å². The molecule has 1 aromatic rings. The van der Waals surface area contributed by atoms with E-state index in [9.17, 15) is 4.79 Å². The molecule has 2 N–H and O–H groups in total. The Morgan fingerprint density at radius 2 is 2.06 bits per heavy atom. The predicted molar refractivity (Wildman–Crippen MR) is 71.4 cm³/mol. The van der Waals surface area contributed by atoms with Crippen molar-refractivity contribution < 1.29 is 9.53 Å². The molecular formula is C14H20N2O2. The molecule has 0 aliphatic carbocycles. The van der Waals surface area contributed by atoms with E-state index >= 15 is 0 Å². The first-order valence-corrected chi connectivity index (χ1v) is 6.48. The number of amides is 1. The van der Waals surface area contributed by atoms with Crippen molar-refractivity contribution in [3.8, 4) is 5.75 Å². The minimum Gasteiger partial charge on any atom is -0.481 e. The number of piperidine rings is 1. The summed E-state index contributed by atoms with van der Waals surface area (Å²) in [6, 6.07) is 7.17. The normalized spacial score (nSPS) is 17.3. The van der Waals surface area contributed by atoms with Crippen LogP contribution in [0.25, 0.3) is 0 Å². The van der Waals surface area contributed by atoms with Gasteiger partial charge in [-0.3, -0.25) is 4.79 Å². The maximum atomic E-state index is 12.2. The van der Waals surface area contributed by atoms with E-state index in [2.05, 4.69) is 0 Å². The molecule has 0 saturated carbocycles. The highest BCUT2D eigenvalue weighted by molar-refractivity contribution is 5.81. The third-order valence-corrected chi connectivity index (χ3v) is 3.19. The molecule has 0 aromatic heterocycles. The zero-order valence-corrected chi connectivity index (χ0v) is 10.8. The van der Waals surface area contributed by atoms with Crippen LogP contribution in [0.15, 0.2) is 24.3 Å². The van der Waals surface area contributed by atoms with Crippen LogP contribution in [0.3, 0.4) is 0 Å². The summed E-state index contributed by atoms with van der Waals surface area (Å²) in [5.74, 6) is 0.713. The molecule has 1 heterocycles. The van der Waals surface area contributed by atoms with Crippen molar-refractivity contribution in [2.75, 3.05) is 18.8 Å². The van der Waals surface area contributed by atoms with Crippen molar-refractivity contribution in [2.45, 2.75) is 32.3 Å². The largest absolute Gasteiger partial charge is 0.481 e. The molecule has 1 aliphatic heterocycles. The zero-order chi connectivity index (χ0) is 13.0. The molecule has 1 atom stereocenters. The molecular weight excluding hydrogens is 228 g/mol. The van der Waals surface area contributed by atoms with Gasteiger partial charge >= 0.3 is 0 Å². The predicted octanol–water partition coefficient (Wildman–Crippen LogP) is 2.05. The molecule has 0 bridgehead atoms. The Hall–Kier alpha value is -1.71. The highest BCUT2D eigenvalue weighted by Crippen LogP contribution is 2.17. The molecule has 1 saturated heterocycles. The van der Waals surface area contributed by atoms with Crippen LogP contribution in [-0.4, -0.2) is 30.0 Å². The van der Waals surface area contributed by atoms with Gasteiger partial charge in [0.05, 0.1) is 0 Å². The number of nitrogens with zero attached hydrogens (tertiary/aromatic N) is 1. The highest BCUT2D eigenvalue weighted by Gasteiger charge is 2.23. The summed E-state index contributed by atoms with van der Waals surface area (Å²) < 4.78 is 5.64. The van der Waals surface area contributed by atoms with Crippen LogP contribution in [0, 0.1) is 0 Å². The number of nitrogen functional groups attached to an aromatic ring is 1. The van der Waals surface area contributed by atoms with Gasteiger partial charge in [-0.1, -0.05) is 6.07 Å². The first kappa shape index (κ1) is 12.7. The fraction of sp³-hybridized carbons (Fsp3) is 0.500. The topological polar surface area (TPSA) is 55.6 Å². The van der Waals surface area contributed by atoms with E-state index in [1.54, 1.807) is 19.1 Å². The number of nitrogens with two attached hydrogens (primary N) is 1. The van der Waals surface area contributed by atoms with Gasteiger partial charge in [-0.2, -0.15) is 0 Å². The Morgan fingerprint density at radius 3 is 2.72 bits per heavy atom. The highest BCUT2D eigenvalue weighted by atomic mass is 16.5. The summed E-state index contributed by atoms with van der Waals surface area (Å²) in [7, 11) is 0. The van der Waals surface area contributed by atoms with E-state index in [-0.39, 0.29) is 5.91 Å². The van der Waals surface area contributed by atoms with E-state index in [0.29, 0.717) is 11.4 Å². The van der Waals surface area contributed by atoms with Gasteiger partial charge < -0.3 is 15.4 Å². The van der Waals surface area contributed by atoms with E-state index in [1.165, 1.54) is 6.42 Å². The van der Waals surface area contributed by atoms with Gasteiger partial charge in [0.15, 0.2) is 6.10 Å². The maximum absolute atomic E-state index is 12.2. The second-order valence-electron chi connectivity index (χ2n) is 4.72. The second kappa shape index (κ2) is 5.76. The van der Waals surface area contributed by atoms with Crippen molar-refractivity contribution in [1.29, 1.82) is 0 Å². The van der Waals surface area contributed by atoms with Crippen molar-refractivity contribution in [3.05, 3.63) is 24.3 Å². The third-order valence-electron chi connectivity index (χ3n) is 3.19. The lowest BCUT2D eigenvalue weighted by Gasteiger charge is -2.29. The van der Waals surface area contributed by atoms with Gasteiger partial charge in [-0.05, 0) is 38.3 Å². The number of ether oxygens (including phenoxy) is 1. The number of benzene rings is 1. The van der Waals surface area contributed by atoms with Crippen LogP contribution in [-0.2, 0) is 4.79 Å². The van der Waals surface area contributed by atoms with Crippen LogP contribution >= 0.6 is 0 Å². The maximum Gasteiger partial charge on any atom is 0.263 e. The molecule has 1 aliphatic rings. The number of anilines is 1. The van der Waals surface area contributed by atoms with E-state index in [4.69, 9.17) is 10.5 Å². The summed E-state index contributed by atoms with van der Waals surface area (Å²) in [6.07, 6.45) is 2.95. The molecule has 1 fully saturated rings. The Kier molecular flexibility index (Phi) is 4.07. The average molecular weight is 248 g/mol. The quantitative estimate of drug-likeness (QED) is 0.833. The summed E-state index contributed by atoms with van der Waals surface area (Å²) >= 11 is 0. The fourth-order valence-electron chi connectivity index (χ4n) is 2.21. The molecule has 4 heteroatoms. The minimum atomic E-state index is -0.454. The van der Waals surface area contributed by atoms with Crippen molar-refractivity contribution in [2.24, 2.45) is 0 Å². The van der Waals surface area contributed by atoms with E-state index < -0.39 is 6.10 Å². The summed E-state index contributed by atoms with van der Waals surface area (Å²) in [4.78, 5) is 14.0. The van der Waals surface area contributed by atoms with Crippen molar-refractivity contribution >= 4 is 11.6 Å². The average Bonchev–Trinajstić information content (AvgIpc) is 2.39. The lowest BCUT2D eigenvalue weighted by Crippen LogP contribution is -2.43. The van der Waals surface area contributed by atoms with Crippen molar-refractivity contribution in [3.63, 3.8) is 0 Å². The monoisotopic (exact) mass is 248 g/mol. The number of likely N-dealkylation sites (tertiary alicyclic amines) is 1. The van der Waals surface area contributed by atoms with Crippen molar-refractivity contribution in [1.82, 2.24) is 4.90 Å². The molecule has 18 heavy (non-hydrogen) atoms. The fourth-order valence-corrected chi connectivity index (χ4v) is 2.21. The number of hydrogen-bond donors (Lipinski definition) is 1. The van der Waals surface area contributed by atoms with Crippen LogP contribution in [0.4, 0.5) is 5.69 Å². The van der Waals surface area contributed by atoms with Crippen LogP contribution in [0.1, 0.15) is 26.2 Å². The Balaban J connectivity index is 1.94. The summed E-state index contributed by atoms with van der Waals surface area (Å²) in [5.41, 5.74) is 6.32. The SMILES string of the molecule is CC(Oc1cccc(N)c1)C(=O)N1CCCCC1. The summed E-state index contributed by atoms with van der Waals surface area (Å²) in [6.45, 7) is 3.49. The van der Waals surface area contributed by atoms with Crippen LogP contribution in [0.5, 0.6) is 5.75 Å². The molecule has 1 unspecified atom stereocenters. The molecule has 0 radical (unpaired) electrons. The number of carbonyl (C=O) groups is 1. The Morgan fingerprint density at radius 1 is 1.33 bits per heavy atom. The molecule has 0 spiro atoms. The third kappa shape index (κ3) is 3.15. The molecule has 1 amide bonds. The first-order valence-electron chi connectivity index (χ1n) is 6.48. The van der Waals surface area contributed by atoms with Gasteiger partial charge in [0.1, 0.15) is 5.75 Å². The minimum absolute atomic E-state index is 0.0668. The second-order valence-corrected chi connectivity index (χ2v) is 4.72. The lowest BCUT2D eigenvalue weighted by atomic mass is 10.1. The summed E-state index contributed by atoms with van der Waals surface area (Å²) in [5, 5.41) is 0. The smallest absolute Gasteiger partial charge is 0.263 e.